The molecule has 0 fully saturated rings. The number of rotatable bonds is 1. The number of aromatic nitrogens is 5. The van der Waals surface area contributed by atoms with Crippen LogP contribution in [0.2, 0.25) is 0 Å². The predicted molar refractivity (Wildman–Crippen MR) is 70.4 cm³/mol. The molecule has 1 N–H and O–H groups in total. The molecule has 0 unspecified atom stereocenters. The number of imidazole rings is 2. The third-order valence-electron chi connectivity index (χ3n) is 3.16. The van der Waals surface area contributed by atoms with Crippen molar-refractivity contribution in [3.05, 3.63) is 59.8 Å². The summed E-state index contributed by atoms with van der Waals surface area (Å²) >= 11 is 0. The summed E-state index contributed by atoms with van der Waals surface area (Å²) in [6.45, 7) is 0. The van der Waals surface area contributed by atoms with E-state index in [4.69, 9.17) is 0 Å². The molecular formula is C13H9N5O. The molecule has 0 spiro atoms. The first-order valence-corrected chi connectivity index (χ1v) is 5.79. The number of nitrogens with zero attached hydrogens (tertiary/aromatic N) is 4. The smallest absolute Gasteiger partial charge is 0.274 e. The minimum Gasteiger partial charge on any atom is -0.319 e. The Morgan fingerprint density at radius 1 is 1.11 bits per heavy atom. The highest BCUT2D eigenvalue weighted by Crippen LogP contribution is 2.16. The van der Waals surface area contributed by atoms with E-state index in [0.29, 0.717) is 5.52 Å². The molecule has 3 aromatic heterocycles. The van der Waals surface area contributed by atoms with Crippen LogP contribution in [0.3, 0.4) is 0 Å². The van der Waals surface area contributed by atoms with Crippen molar-refractivity contribution in [1.82, 2.24) is 23.9 Å². The van der Waals surface area contributed by atoms with Gasteiger partial charge in [-0.05, 0) is 18.2 Å². The molecule has 0 radical (unpaired) electrons. The lowest BCUT2D eigenvalue weighted by Crippen LogP contribution is -2.09. The molecule has 1 aromatic carbocycles. The topological polar surface area (TPSA) is 68.0 Å². The van der Waals surface area contributed by atoms with Crippen LogP contribution >= 0.6 is 0 Å². The summed E-state index contributed by atoms with van der Waals surface area (Å²) in [7, 11) is 0. The van der Waals surface area contributed by atoms with Gasteiger partial charge in [0.15, 0.2) is 0 Å². The molecule has 0 amide bonds. The fourth-order valence-corrected chi connectivity index (χ4v) is 2.24. The predicted octanol–water partition coefficient (Wildman–Crippen LogP) is 1.36. The van der Waals surface area contributed by atoms with Gasteiger partial charge >= 0.3 is 0 Å². The van der Waals surface area contributed by atoms with Crippen molar-refractivity contribution in [1.29, 1.82) is 0 Å². The van der Waals surface area contributed by atoms with E-state index < -0.39 is 0 Å². The maximum atomic E-state index is 11.8. The van der Waals surface area contributed by atoms with Gasteiger partial charge in [0, 0.05) is 18.1 Å². The second kappa shape index (κ2) is 3.55. The third kappa shape index (κ3) is 1.40. The van der Waals surface area contributed by atoms with Crippen molar-refractivity contribution in [3.8, 4) is 5.69 Å². The molecule has 3 heterocycles. The van der Waals surface area contributed by atoms with E-state index >= 15 is 0 Å². The van der Waals surface area contributed by atoms with Crippen LogP contribution in [0.15, 0.2) is 54.2 Å². The van der Waals surface area contributed by atoms with E-state index in [1.165, 1.54) is 0 Å². The van der Waals surface area contributed by atoms with Gasteiger partial charge in [0.25, 0.3) is 5.56 Å². The Kier molecular flexibility index (Phi) is 1.88. The van der Waals surface area contributed by atoms with E-state index in [9.17, 15) is 4.79 Å². The molecule has 4 rings (SSSR count). The largest absolute Gasteiger partial charge is 0.319 e. The first-order valence-electron chi connectivity index (χ1n) is 5.79. The van der Waals surface area contributed by atoms with Crippen LogP contribution in [0.25, 0.3) is 22.2 Å². The van der Waals surface area contributed by atoms with E-state index in [-0.39, 0.29) is 5.56 Å². The van der Waals surface area contributed by atoms with Crippen LogP contribution in [0.4, 0.5) is 0 Å². The zero-order valence-electron chi connectivity index (χ0n) is 9.82. The quantitative estimate of drug-likeness (QED) is 0.555. The van der Waals surface area contributed by atoms with Gasteiger partial charge in [-0.3, -0.25) is 9.20 Å². The highest BCUT2D eigenvalue weighted by Gasteiger charge is 2.06. The van der Waals surface area contributed by atoms with Gasteiger partial charge in [0.1, 0.15) is 5.52 Å². The number of H-pyrrole nitrogens is 1. The first kappa shape index (κ1) is 10.1. The second-order valence-corrected chi connectivity index (χ2v) is 4.27. The second-order valence-electron chi connectivity index (χ2n) is 4.27. The monoisotopic (exact) mass is 251 g/mol. The Hall–Kier alpha value is -2.89. The molecule has 19 heavy (non-hydrogen) atoms. The molecule has 0 saturated heterocycles. The lowest BCUT2D eigenvalue weighted by atomic mass is 10.2. The maximum Gasteiger partial charge on any atom is 0.274 e. The van der Waals surface area contributed by atoms with Crippen molar-refractivity contribution < 1.29 is 0 Å². The summed E-state index contributed by atoms with van der Waals surface area (Å²) in [6, 6.07) is 5.80. The summed E-state index contributed by atoms with van der Waals surface area (Å²) in [5, 5.41) is 0. The van der Waals surface area contributed by atoms with Crippen LogP contribution in [-0.4, -0.2) is 23.9 Å². The summed E-state index contributed by atoms with van der Waals surface area (Å²) in [5.41, 5.74) is 3.06. The molecule has 0 aliphatic rings. The Bertz CT molecular complexity index is 933. The zero-order valence-corrected chi connectivity index (χ0v) is 9.82. The number of fused-ring (bicyclic) bond motifs is 3. The fraction of sp³-hybridized carbons (Fsp3) is 0. The Morgan fingerprint density at radius 2 is 2.05 bits per heavy atom. The number of nitrogens with one attached hydrogen (secondary N) is 1. The Labute approximate surface area is 107 Å². The van der Waals surface area contributed by atoms with Gasteiger partial charge < -0.3 is 9.55 Å². The lowest BCUT2D eigenvalue weighted by molar-refractivity contribution is 1.05. The van der Waals surface area contributed by atoms with Gasteiger partial charge in [-0.15, -0.1) is 0 Å². The first-order chi connectivity index (χ1) is 9.33. The number of hydrogen-bond acceptors (Lipinski definition) is 3. The SMILES string of the molecule is O=c1[nH]c2ccc(-n3ccnc3)cc2n2cncc12. The van der Waals surface area contributed by atoms with Gasteiger partial charge in [-0.25, -0.2) is 9.97 Å². The average Bonchev–Trinajstić information content (AvgIpc) is 3.10. The molecule has 0 atom stereocenters. The van der Waals surface area contributed by atoms with Crippen LogP contribution in [0.1, 0.15) is 0 Å². The molecule has 92 valence electrons. The number of hydrogen-bond donors (Lipinski definition) is 1. The van der Waals surface area contributed by atoms with Gasteiger partial charge in [0.05, 0.1) is 29.9 Å². The highest BCUT2D eigenvalue weighted by molar-refractivity contribution is 5.80. The normalized spacial score (nSPS) is 11.4. The van der Waals surface area contributed by atoms with Crippen LogP contribution < -0.4 is 5.56 Å². The van der Waals surface area contributed by atoms with E-state index in [0.717, 1.165) is 16.7 Å². The van der Waals surface area contributed by atoms with Crippen molar-refractivity contribution in [2.75, 3.05) is 0 Å². The van der Waals surface area contributed by atoms with Crippen molar-refractivity contribution in [2.24, 2.45) is 0 Å². The minimum absolute atomic E-state index is 0.139. The molecule has 6 heteroatoms. The molecule has 0 saturated carbocycles. The summed E-state index contributed by atoms with van der Waals surface area (Å²) in [6.07, 6.45) is 8.53. The van der Waals surface area contributed by atoms with E-state index in [1.807, 2.05) is 29.0 Å². The fourth-order valence-electron chi connectivity index (χ4n) is 2.24. The summed E-state index contributed by atoms with van der Waals surface area (Å²) in [5.74, 6) is 0. The summed E-state index contributed by atoms with van der Waals surface area (Å²) in [4.78, 5) is 22.7. The van der Waals surface area contributed by atoms with Gasteiger partial charge in [0.2, 0.25) is 0 Å². The highest BCUT2D eigenvalue weighted by atomic mass is 16.1. The van der Waals surface area contributed by atoms with Crippen molar-refractivity contribution in [3.63, 3.8) is 0 Å². The Balaban J connectivity index is 2.13. The standard InChI is InChI=1S/C13H9N5O/c19-13-12-6-15-8-18(12)11-5-9(1-2-10(11)16-13)17-4-3-14-7-17/h1-8H,(H,16,19). The van der Waals surface area contributed by atoms with Crippen molar-refractivity contribution >= 4 is 16.6 Å². The minimum atomic E-state index is -0.139. The molecule has 0 bridgehead atoms. The van der Waals surface area contributed by atoms with Crippen LogP contribution in [0, 0.1) is 0 Å². The zero-order chi connectivity index (χ0) is 12.8. The van der Waals surface area contributed by atoms with Crippen LogP contribution in [-0.2, 0) is 0 Å². The van der Waals surface area contributed by atoms with E-state index in [1.54, 1.807) is 29.4 Å². The Morgan fingerprint density at radius 3 is 2.89 bits per heavy atom. The van der Waals surface area contributed by atoms with Crippen LogP contribution in [0.5, 0.6) is 0 Å². The molecular weight excluding hydrogens is 242 g/mol. The molecule has 6 nitrogen and oxygen atoms in total. The van der Waals surface area contributed by atoms with E-state index in [2.05, 4.69) is 15.0 Å². The third-order valence-corrected chi connectivity index (χ3v) is 3.16. The summed E-state index contributed by atoms with van der Waals surface area (Å²) < 4.78 is 3.70. The lowest BCUT2D eigenvalue weighted by Gasteiger charge is -2.06. The van der Waals surface area contributed by atoms with Gasteiger partial charge in [-0.1, -0.05) is 0 Å². The van der Waals surface area contributed by atoms with Crippen molar-refractivity contribution in [2.45, 2.75) is 0 Å². The van der Waals surface area contributed by atoms with Gasteiger partial charge in [-0.2, -0.15) is 0 Å². The number of benzene rings is 1. The molecule has 0 aliphatic carbocycles. The molecule has 4 aromatic rings. The molecule has 0 aliphatic heterocycles. The maximum absolute atomic E-state index is 11.8. The number of aromatic amines is 1. The average molecular weight is 251 g/mol.